The van der Waals surface area contributed by atoms with Crippen LogP contribution in [0.2, 0.25) is 5.02 Å². The maximum Gasteiger partial charge on any atom is 0.279 e. The number of hydrogen-bond donors (Lipinski definition) is 3. The number of rotatable bonds is 10. The van der Waals surface area contributed by atoms with Crippen LogP contribution in [-0.4, -0.2) is 51.0 Å². The van der Waals surface area contributed by atoms with E-state index >= 15 is 0 Å². The summed E-state index contributed by atoms with van der Waals surface area (Å²) in [6, 6.07) is 10.9. The number of nitrogens with zero attached hydrogens (tertiary/aromatic N) is 3. The van der Waals surface area contributed by atoms with Crippen molar-refractivity contribution in [2.75, 3.05) is 38.9 Å². The smallest absolute Gasteiger partial charge is 0.279 e. The van der Waals surface area contributed by atoms with E-state index in [9.17, 15) is 8.42 Å². The lowest BCUT2D eigenvalue weighted by atomic mass is 10.2. The second-order valence-corrected chi connectivity index (χ2v) is 9.81. The Morgan fingerprint density at radius 3 is 2.50 bits per heavy atom. The third-order valence-corrected chi connectivity index (χ3v) is 6.61. The van der Waals surface area contributed by atoms with Crippen LogP contribution in [-0.2, 0) is 16.8 Å². The lowest BCUT2D eigenvalue weighted by Gasteiger charge is -2.16. The zero-order valence-electron chi connectivity index (χ0n) is 19.5. The van der Waals surface area contributed by atoms with Gasteiger partial charge in [-0.15, -0.1) is 0 Å². The molecule has 0 aliphatic heterocycles. The molecule has 0 unspecified atom stereocenters. The maximum absolute atomic E-state index is 12.1. The Morgan fingerprint density at radius 2 is 1.82 bits per heavy atom. The van der Waals surface area contributed by atoms with E-state index in [1.165, 1.54) is 20.3 Å². The summed E-state index contributed by atoms with van der Waals surface area (Å²) in [4.78, 5) is 8.74. The van der Waals surface area contributed by atoms with Gasteiger partial charge in [0.05, 0.1) is 20.4 Å². The first kappa shape index (κ1) is 25.5. The van der Waals surface area contributed by atoms with Crippen molar-refractivity contribution in [3.63, 3.8) is 0 Å². The summed E-state index contributed by atoms with van der Waals surface area (Å²) in [5.41, 5.74) is 2.96. The molecule has 0 amide bonds. The summed E-state index contributed by atoms with van der Waals surface area (Å²) in [7, 11) is 2.50. The Hall–Kier alpha value is -3.12. The Kier molecular flexibility index (Phi) is 8.15. The average Bonchev–Trinajstić information content (AvgIpc) is 2.80. The monoisotopic (exact) mass is 506 g/mol. The van der Waals surface area contributed by atoms with Crippen LogP contribution in [0, 0.1) is 6.92 Å². The van der Waals surface area contributed by atoms with Gasteiger partial charge < -0.3 is 20.1 Å². The van der Waals surface area contributed by atoms with Gasteiger partial charge in [0.25, 0.3) is 10.2 Å². The lowest BCUT2D eigenvalue weighted by molar-refractivity contribution is 0.353. The Balaban J connectivity index is 1.84. The van der Waals surface area contributed by atoms with E-state index in [-0.39, 0.29) is 6.54 Å². The van der Waals surface area contributed by atoms with Crippen LogP contribution in [0.3, 0.4) is 0 Å². The molecule has 0 bridgehead atoms. The average molecular weight is 507 g/mol. The molecular formula is C22H27ClN6O4S. The number of para-hydroxylation sites is 1. The molecule has 3 aromatic rings. The van der Waals surface area contributed by atoms with Crippen LogP contribution in [0.4, 0.5) is 23.1 Å². The van der Waals surface area contributed by atoms with Gasteiger partial charge in [-0.25, -0.2) is 4.98 Å². The van der Waals surface area contributed by atoms with Crippen molar-refractivity contribution in [2.24, 2.45) is 0 Å². The van der Waals surface area contributed by atoms with Crippen molar-refractivity contribution in [1.29, 1.82) is 0 Å². The fourth-order valence-electron chi connectivity index (χ4n) is 3.09. The molecule has 0 aliphatic carbocycles. The first-order chi connectivity index (χ1) is 16.1. The van der Waals surface area contributed by atoms with Gasteiger partial charge in [-0.2, -0.15) is 22.4 Å². The molecule has 0 radical (unpaired) electrons. The highest BCUT2D eigenvalue weighted by molar-refractivity contribution is 7.87. The van der Waals surface area contributed by atoms with Gasteiger partial charge in [-0.05, 0) is 30.2 Å². The van der Waals surface area contributed by atoms with Crippen molar-refractivity contribution >= 4 is 45.0 Å². The van der Waals surface area contributed by atoms with Crippen molar-refractivity contribution in [3.8, 4) is 11.5 Å². The number of halogens is 1. The van der Waals surface area contributed by atoms with E-state index in [0.717, 1.165) is 9.87 Å². The van der Waals surface area contributed by atoms with Gasteiger partial charge in [-0.1, -0.05) is 29.8 Å². The van der Waals surface area contributed by atoms with Gasteiger partial charge in [0.2, 0.25) is 5.95 Å². The highest BCUT2D eigenvalue weighted by atomic mass is 35.5. The van der Waals surface area contributed by atoms with Crippen LogP contribution in [0.15, 0.2) is 42.6 Å². The lowest BCUT2D eigenvalue weighted by Crippen LogP contribution is -2.35. The normalized spacial score (nSPS) is 11.4. The number of ether oxygens (including phenoxy) is 2. The molecular weight excluding hydrogens is 480 g/mol. The van der Waals surface area contributed by atoms with Gasteiger partial charge in [0, 0.05) is 38.1 Å². The van der Waals surface area contributed by atoms with Crippen molar-refractivity contribution in [1.82, 2.24) is 19.0 Å². The summed E-state index contributed by atoms with van der Waals surface area (Å²) in [5, 5.41) is 6.61. The number of aromatic nitrogens is 2. The van der Waals surface area contributed by atoms with Crippen LogP contribution < -0.4 is 24.8 Å². The fraction of sp³-hybridized carbons (Fsp3) is 0.273. The molecule has 3 N–H and O–H groups in total. The molecule has 1 aromatic heterocycles. The number of benzene rings is 2. The van der Waals surface area contributed by atoms with Gasteiger partial charge in [0.1, 0.15) is 5.02 Å². The third-order valence-electron chi connectivity index (χ3n) is 4.86. The number of nitrogens with one attached hydrogen (secondary N) is 3. The molecule has 34 heavy (non-hydrogen) atoms. The number of aryl methyl sites for hydroxylation is 1. The predicted octanol–water partition coefficient (Wildman–Crippen LogP) is 3.84. The number of hydrogen-bond acceptors (Lipinski definition) is 8. The van der Waals surface area contributed by atoms with E-state index in [1.54, 1.807) is 26.4 Å². The second kappa shape index (κ2) is 10.9. The molecule has 2 aromatic carbocycles. The number of anilines is 4. The van der Waals surface area contributed by atoms with E-state index in [2.05, 4.69) is 25.3 Å². The molecule has 0 fully saturated rings. The van der Waals surface area contributed by atoms with E-state index < -0.39 is 10.2 Å². The predicted molar refractivity (Wildman–Crippen MR) is 134 cm³/mol. The van der Waals surface area contributed by atoms with Crippen LogP contribution in [0.1, 0.15) is 11.1 Å². The quantitative estimate of drug-likeness (QED) is 0.379. The fourth-order valence-corrected chi connectivity index (χ4v) is 3.83. The minimum Gasteiger partial charge on any atom is -0.493 e. The molecule has 182 valence electrons. The van der Waals surface area contributed by atoms with Crippen molar-refractivity contribution in [2.45, 2.75) is 13.5 Å². The Labute approximate surface area is 204 Å². The van der Waals surface area contributed by atoms with Crippen LogP contribution >= 0.6 is 11.6 Å². The Morgan fingerprint density at radius 1 is 1.09 bits per heavy atom. The summed E-state index contributed by atoms with van der Waals surface area (Å²) in [5.74, 6) is 1.89. The summed E-state index contributed by atoms with van der Waals surface area (Å²) in [6.07, 6.45) is 1.48. The topological polar surface area (TPSA) is 118 Å². The second-order valence-electron chi connectivity index (χ2n) is 7.43. The third kappa shape index (κ3) is 6.06. The zero-order chi connectivity index (χ0) is 24.9. The zero-order valence-corrected chi connectivity index (χ0v) is 21.1. The standard InChI is InChI=1S/C22H27ClN6O4S/c1-14-10-16(11-19(32-4)20(14)33-5)26-22-24-13-17(23)21(28-22)27-18-9-7-6-8-15(18)12-25-34(30,31)29(2)3/h6-11,13,25H,12H2,1-5H3,(H2,24,26,27,28). The van der Waals surface area contributed by atoms with Gasteiger partial charge in [-0.3, -0.25) is 0 Å². The molecule has 0 saturated heterocycles. The van der Waals surface area contributed by atoms with E-state index in [4.69, 9.17) is 21.1 Å². The SMILES string of the molecule is COc1cc(Nc2ncc(Cl)c(Nc3ccccc3CNS(=O)(=O)N(C)C)n2)cc(C)c1OC. The minimum absolute atomic E-state index is 0.0857. The Bertz CT molecular complexity index is 1270. The highest BCUT2D eigenvalue weighted by Gasteiger charge is 2.15. The first-order valence-electron chi connectivity index (χ1n) is 10.2. The number of methoxy groups -OCH3 is 2. The van der Waals surface area contributed by atoms with E-state index in [1.807, 2.05) is 31.2 Å². The van der Waals surface area contributed by atoms with E-state index in [0.29, 0.717) is 45.2 Å². The van der Waals surface area contributed by atoms with Crippen LogP contribution in [0.25, 0.3) is 0 Å². The van der Waals surface area contributed by atoms with Gasteiger partial charge in [0.15, 0.2) is 17.3 Å². The maximum atomic E-state index is 12.1. The molecule has 0 aliphatic rings. The molecule has 12 heteroatoms. The molecule has 1 heterocycles. The molecule has 0 saturated carbocycles. The van der Waals surface area contributed by atoms with Crippen molar-refractivity contribution < 1.29 is 17.9 Å². The summed E-state index contributed by atoms with van der Waals surface area (Å²) >= 11 is 6.34. The molecule has 0 atom stereocenters. The minimum atomic E-state index is -3.58. The summed E-state index contributed by atoms with van der Waals surface area (Å²) in [6.45, 7) is 1.99. The first-order valence-corrected chi connectivity index (χ1v) is 12.0. The van der Waals surface area contributed by atoms with Gasteiger partial charge >= 0.3 is 0 Å². The largest absolute Gasteiger partial charge is 0.493 e. The molecule has 10 nitrogen and oxygen atoms in total. The molecule has 0 spiro atoms. The van der Waals surface area contributed by atoms with Crippen molar-refractivity contribution in [3.05, 3.63) is 58.7 Å². The molecule has 3 rings (SSSR count). The highest BCUT2D eigenvalue weighted by Crippen LogP contribution is 2.35. The summed E-state index contributed by atoms with van der Waals surface area (Å²) < 4.78 is 38.6. The van der Waals surface area contributed by atoms with Crippen LogP contribution in [0.5, 0.6) is 11.5 Å².